The summed E-state index contributed by atoms with van der Waals surface area (Å²) in [5, 5.41) is 11.2. The molecule has 0 bridgehead atoms. The van der Waals surface area contributed by atoms with Crippen LogP contribution in [0.5, 0.6) is 0 Å². The van der Waals surface area contributed by atoms with Crippen LogP contribution in [0.3, 0.4) is 0 Å². The van der Waals surface area contributed by atoms with Crippen molar-refractivity contribution in [3.05, 3.63) is 23.8 Å². The van der Waals surface area contributed by atoms with Crippen LogP contribution in [-0.2, 0) is 0 Å². The third-order valence-electron chi connectivity index (χ3n) is 4.05. The monoisotopic (exact) mass is 289 g/mol. The number of hydrogen-bond acceptors (Lipinski definition) is 5. The topological polar surface area (TPSA) is 78.6 Å². The van der Waals surface area contributed by atoms with E-state index in [9.17, 15) is 4.79 Å². The zero-order valence-corrected chi connectivity index (χ0v) is 12.2. The molecule has 6 nitrogen and oxygen atoms in total. The van der Waals surface area contributed by atoms with Gasteiger partial charge in [-0.3, -0.25) is 5.43 Å². The SMILES string of the molecule is CC1CCCC(C)N1Nc1nc2ccc(C(=O)O)cc2o1. The van der Waals surface area contributed by atoms with Gasteiger partial charge in [-0.05, 0) is 44.9 Å². The second kappa shape index (κ2) is 5.37. The fourth-order valence-corrected chi connectivity index (χ4v) is 2.86. The van der Waals surface area contributed by atoms with Crippen LogP contribution in [0.4, 0.5) is 6.01 Å². The fourth-order valence-electron chi connectivity index (χ4n) is 2.86. The van der Waals surface area contributed by atoms with Crippen molar-refractivity contribution in [3.8, 4) is 0 Å². The lowest BCUT2D eigenvalue weighted by molar-refractivity contribution is 0.0697. The summed E-state index contributed by atoms with van der Waals surface area (Å²) in [4.78, 5) is 15.3. The Morgan fingerprint density at radius 3 is 2.76 bits per heavy atom. The van der Waals surface area contributed by atoms with Gasteiger partial charge in [0.15, 0.2) is 5.58 Å². The number of carboxylic acid groups (broad SMARTS) is 1. The normalized spacial score (nSPS) is 23.3. The van der Waals surface area contributed by atoms with E-state index in [0.29, 0.717) is 29.2 Å². The molecule has 6 heteroatoms. The second-order valence-electron chi connectivity index (χ2n) is 5.65. The number of hydrazine groups is 1. The van der Waals surface area contributed by atoms with Gasteiger partial charge >= 0.3 is 12.0 Å². The van der Waals surface area contributed by atoms with E-state index in [4.69, 9.17) is 9.52 Å². The highest BCUT2D eigenvalue weighted by Crippen LogP contribution is 2.25. The molecule has 1 saturated heterocycles. The molecule has 1 aromatic carbocycles. The lowest BCUT2D eigenvalue weighted by Gasteiger charge is -2.38. The molecule has 1 aliphatic heterocycles. The number of aromatic nitrogens is 1. The van der Waals surface area contributed by atoms with Gasteiger partial charge in [0.2, 0.25) is 0 Å². The number of anilines is 1. The van der Waals surface area contributed by atoms with Crippen LogP contribution < -0.4 is 5.43 Å². The minimum atomic E-state index is -0.971. The van der Waals surface area contributed by atoms with E-state index >= 15 is 0 Å². The summed E-state index contributed by atoms with van der Waals surface area (Å²) in [5.41, 5.74) is 4.56. The average Bonchev–Trinajstić information content (AvgIpc) is 2.84. The van der Waals surface area contributed by atoms with Gasteiger partial charge in [0.1, 0.15) is 5.52 Å². The summed E-state index contributed by atoms with van der Waals surface area (Å²) in [6.45, 7) is 4.35. The molecule has 0 radical (unpaired) electrons. The van der Waals surface area contributed by atoms with Crippen LogP contribution in [-0.4, -0.2) is 33.2 Å². The van der Waals surface area contributed by atoms with E-state index in [-0.39, 0.29) is 5.56 Å². The Morgan fingerprint density at radius 2 is 2.10 bits per heavy atom. The molecule has 21 heavy (non-hydrogen) atoms. The van der Waals surface area contributed by atoms with Crippen molar-refractivity contribution < 1.29 is 14.3 Å². The Kier molecular flexibility index (Phi) is 3.55. The number of hydrogen-bond donors (Lipinski definition) is 2. The highest BCUT2D eigenvalue weighted by atomic mass is 16.4. The molecule has 2 heterocycles. The number of nitrogens with zero attached hydrogens (tertiary/aromatic N) is 2. The lowest BCUT2D eigenvalue weighted by Crippen LogP contribution is -2.47. The Labute approximate surface area is 122 Å². The third-order valence-corrected chi connectivity index (χ3v) is 4.05. The van der Waals surface area contributed by atoms with E-state index in [1.54, 1.807) is 6.07 Å². The molecule has 2 N–H and O–H groups in total. The van der Waals surface area contributed by atoms with E-state index in [1.807, 2.05) is 0 Å². The molecule has 2 atom stereocenters. The van der Waals surface area contributed by atoms with E-state index < -0.39 is 5.97 Å². The van der Waals surface area contributed by atoms with Gasteiger partial charge in [-0.2, -0.15) is 4.98 Å². The minimum absolute atomic E-state index is 0.199. The van der Waals surface area contributed by atoms with Gasteiger partial charge in [0.05, 0.1) is 5.56 Å². The molecule has 1 fully saturated rings. The fraction of sp³-hybridized carbons (Fsp3) is 0.467. The quantitative estimate of drug-likeness (QED) is 0.904. The minimum Gasteiger partial charge on any atom is -0.478 e. The molecule has 0 spiro atoms. The molecule has 2 aromatic rings. The predicted octanol–water partition coefficient (Wildman–Crippen LogP) is 3.12. The summed E-state index contributed by atoms with van der Waals surface area (Å²) < 4.78 is 5.63. The molecule has 1 aromatic heterocycles. The lowest BCUT2D eigenvalue weighted by atomic mass is 10.00. The molecule has 1 aliphatic rings. The van der Waals surface area contributed by atoms with Crippen LogP contribution in [0.25, 0.3) is 11.1 Å². The van der Waals surface area contributed by atoms with Crippen LogP contribution in [0.1, 0.15) is 43.5 Å². The number of piperidine rings is 1. The Hall–Kier alpha value is -2.08. The highest BCUT2D eigenvalue weighted by molar-refractivity contribution is 5.92. The zero-order chi connectivity index (χ0) is 15.0. The van der Waals surface area contributed by atoms with Crippen molar-refractivity contribution in [2.24, 2.45) is 0 Å². The van der Waals surface area contributed by atoms with Crippen molar-refractivity contribution in [1.29, 1.82) is 0 Å². The maximum absolute atomic E-state index is 11.0. The molecule has 0 amide bonds. The maximum Gasteiger partial charge on any atom is 0.335 e. The van der Waals surface area contributed by atoms with Crippen LogP contribution in [0.2, 0.25) is 0 Å². The Balaban J connectivity index is 1.85. The van der Waals surface area contributed by atoms with Crippen molar-refractivity contribution in [1.82, 2.24) is 9.99 Å². The standard InChI is InChI=1S/C15H19N3O3/c1-9-4-3-5-10(2)18(9)17-15-16-12-7-6-11(14(19)20)8-13(12)21-15/h6-10H,3-5H2,1-2H3,(H,16,17)(H,19,20). The summed E-state index contributed by atoms with van der Waals surface area (Å²) in [5.74, 6) is -0.971. The molecule has 112 valence electrons. The summed E-state index contributed by atoms with van der Waals surface area (Å²) in [6.07, 6.45) is 3.51. The number of rotatable bonds is 3. The van der Waals surface area contributed by atoms with Crippen LogP contribution in [0.15, 0.2) is 22.6 Å². The Morgan fingerprint density at radius 1 is 1.38 bits per heavy atom. The van der Waals surface area contributed by atoms with E-state index in [1.165, 1.54) is 18.6 Å². The molecule has 2 unspecified atom stereocenters. The summed E-state index contributed by atoms with van der Waals surface area (Å²) >= 11 is 0. The molecule has 0 saturated carbocycles. The third kappa shape index (κ3) is 2.71. The number of aromatic carboxylic acids is 1. The summed E-state index contributed by atoms with van der Waals surface area (Å²) in [6, 6.07) is 5.93. The van der Waals surface area contributed by atoms with E-state index in [2.05, 4.69) is 29.3 Å². The van der Waals surface area contributed by atoms with Gasteiger partial charge in [-0.25, -0.2) is 9.80 Å². The maximum atomic E-state index is 11.0. The number of oxazole rings is 1. The zero-order valence-electron chi connectivity index (χ0n) is 12.2. The number of carboxylic acids is 1. The molecule has 3 rings (SSSR count). The summed E-state index contributed by atoms with van der Waals surface area (Å²) in [7, 11) is 0. The number of nitrogens with one attached hydrogen (secondary N) is 1. The van der Waals surface area contributed by atoms with Gasteiger partial charge in [-0.15, -0.1) is 0 Å². The first-order valence-corrected chi connectivity index (χ1v) is 7.23. The smallest absolute Gasteiger partial charge is 0.335 e. The number of fused-ring (bicyclic) bond motifs is 1. The molecular weight excluding hydrogens is 270 g/mol. The first-order chi connectivity index (χ1) is 10.0. The highest BCUT2D eigenvalue weighted by Gasteiger charge is 2.26. The van der Waals surface area contributed by atoms with Gasteiger partial charge in [-0.1, -0.05) is 6.42 Å². The first kappa shape index (κ1) is 13.9. The van der Waals surface area contributed by atoms with Crippen LogP contribution >= 0.6 is 0 Å². The first-order valence-electron chi connectivity index (χ1n) is 7.23. The van der Waals surface area contributed by atoms with E-state index in [0.717, 1.165) is 12.8 Å². The largest absolute Gasteiger partial charge is 0.478 e. The van der Waals surface area contributed by atoms with Crippen molar-refractivity contribution in [2.75, 3.05) is 5.43 Å². The molecule has 0 aliphatic carbocycles. The van der Waals surface area contributed by atoms with Gasteiger partial charge < -0.3 is 9.52 Å². The van der Waals surface area contributed by atoms with Crippen molar-refractivity contribution in [3.63, 3.8) is 0 Å². The number of benzene rings is 1. The van der Waals surface area contributed by atoms with Gasteiger partial charge in [0, 0.05) is 12.1 Å². The second-order valence-corrected chi connectivity index (χ2v) is 5.65. The average molecular weight is 289 g/mol. The predicted molar refractivity (Wildman–Crippen MR) is 79.2 cm³/mol. The van der Waals surface area contributed by atoms with Crippen LogP contribution in [0, 0.1) is 0 Å². The van der Waals surface area contributed by atoms with Crippen molar-refractivity contribution in [2.45, 2.75) is 45.2 Å². The Bertz CT molecular complexity index is 657. The van der Waals surface area contributed by atoms with Crippen molar-refractivity contribution >= 4 is 23.1 Å². The molecular formula is C15H19N3O3. The van der Waals surface area contributed by atoms with Gasteiger partial charge in [0.25, 0.3) is 0 Å². The number of carbonyl (C=O) groups is 1.